The van der Waals surface area contributed by atoms with Crippen molar-refractivity contribution in [2.75, 3.05) is 32.2 Å². The molecule has 23 heavy (non-hydrogen) atoms. The summed E-state index contributed by atoms with van der Waals surface area (Å²) in [5.41, 5.74) is 1.47. The van der Waals surface area contributed by atoms with Gasteiger partial charge in [0.05, 0.1) is 24.3 Å². The predicted molar refractivity (Wildman–Crippen MR) is 90.2 cm³/mol. The Morgan fingerprint density at radius 1 is 0.870 bits per heavy atom. The smallest absolute Gasteiger partial charge is 0.339 e. The predicted octanol–water partition coefficient (Wildman–Crippen LogP) is 3.26. The van der Waals surface area contributed by atoms with E-state index in [0.29, 0.717) is 0 Å². The third-order valence-electron chi connectivity index (χ3n) is 3.47. The molecule has 0 fully saturated rings. The van der Waals surface area contributed by atoms with Crippen LogP contribution in [0, 0.1) is 0 Å². The third-order valence-corrected chi connectivity index (χ3v) is 3.47. The summed E-state index contributed by atoms with van der Waals surface area (Å²) in [4.78, 5) is 26.3. The standard InChI is InChI=1S/C18H21NO4/c1-5-22-17(20)15-10-12-7-8-14(19(3)4)9-13(12)11-16(15)18(21)23-6-2/h7-11H,5-6H2,1-4H3. The highest BCUT2D eigenvalue weighted by atomic mass is 16.5. The van der Waals surface area contributed by atoms with Crippen molar-refractivity contribution >= 4 is 28.4 Å². The van der Waals surface area contributed by atoms with Crippen LogP contribution in [-0.4, -0.2) is 39.2 Å². The van der Waals surface area contributed by atoms with Crippen LogP contribution < -0.4 is 4.90 Å². The molecule has 2 rings (SSSR count). The van der Waals surface area contributed by atoms with Gasteiger partial charge in [-0.2, -0.15) is 0 Å². The number of ether oxygens (including phenoxy) is 2. The van der Waals surface area contributed by atoms with Gasteiger partial charge in [-0.3, -0.25) is 0 Å². The largest absolute Gasteiger partial charge is 0.462 e. The van der Waals surface area contributed by atoms with Crippen molar-refractivity contribution in [1.82, 2.24) is 0 Å². The minimum absolute atomic E-state index is 0.230. The molecule has 0 N–H and O–H groups in total. The maximum absolute atomic E-state index is 12.2. The molecular formula is C18H21NO4. The Morgan fingerprint density at radius 3 is 1.87 bits per heavy atom. The number of anilines is 1. The first-order valence-electron chi connectivity index (χ1n) is 7.57. The molecule has 2 aromatic carbocycles. The van der Waals surface area contributed by atoms with Crippen LogP contribution in [0.25, 0.3) is 10.8 Å². The number of fused-ring (bicyclic) bond motifs is 1. The topological polar surface area (TPSA) is 55.8 Å². The zero-order valence-electron chi connectivity index (χ0n) is 13.9. The van der Waals surface area contributed by atoms with Gasteiger partial charge in [0, 0.05) is 19.8 Å². The van der Waals surface area contributed by atoms with Crippen LogP contribution in [0.1, 0.15) is 34.6 Å². The van der Waals surface area contributed by atoms with Crippen molar-refractivity contribution in [2.45, 2.75) is 13.8 Å². The van der Waals surface area contributed by atoms with Crippen LogP contribution in [0.15, 0.2) is 30.3 Å². The number of nitrogens with zero attached hydrogens (tertiary/aromatic N) is 1. The number of hydrogen-bond acceptors (Lipinski definition) is 5. The SMILES string of the molecule is CCOC(=O)c1cc2ccc(N(C)C)cc2cc1C(=O)OCC. The lowest BCUT2D eigenvalue weighted by atomic mass is 10.00. The Kier molecular flexibility index (Phi) is 5.21. The van der Waals surface area contributed by atoms with Gasteiger partial charge in [-0.15, -0.1) is 0 Å². The number of carbonyl (C=O) groups is 2. The van der Waals surface area contributed by atoms with Crippen LogP contribution in [0.3, 0.4) is 0 Å². The van der Waals surface area contributed by atoms with Gasteiger partial charge >= 0.3 is 11.9 Å². The summed E-state index contributed by atoms with van der Waals surface area (Å²) in [6.45, 7) is 3.95. The molecular weight excluding hydrogens is 294 g/mol. The van der Waals surface area contributed by atoms with E-state index in [1.54, 1.807) is 26.0 Å². The average Bonchev–Trinajstić information content (AvgIpc) is 2.53. The normalized spacial score (nSPS) is 10.4. The summed E-state index contributed by atoms with van der Waals surface area (Å²) in [6, 6.07) is 9.21. The molecule has 0 aliphatic heterocycles. The minimum atomic E-state index is -0.521. The number of benzene rings is 2. The van der Waals surface area contributed by atoms with Crippen LogP contribution >= 0.6 is 0 Å². The molecule has 0 aromatic heterocycles. The van der Waals surface area contributed by atoms with Gasteiger partial charge in [-0.05, 0) is 48.9 Å². The van der Waals surface area contributed by atoms with Gasteiger partial charge in [0.15, 0.2) is 0 Å². The molecule has 0 aliphatic carbocycles. The first-order chi connectivity index (χ1) is 11.0. The highest BCUT2D eigenvalue weighted by Gasteiger charge is 2.20. The summed E-state index contributed by atoms with van der Waals surface area (Å²) >= 11 is 0. The number of hydrogen-bond donors (Lipinski definition) is 0. The van der Waals surface area contributed by atoms with E-state index in [-0.39, 0.29) is 24.3 Å². The summed E-state index contributed by atoms with van der Waals surface area (Å²) in [7, 11) is 3.89. The van der Waals surface area contributed by atoms with Crippen LogP contribution in [0.5, 0.6) is 0 Å². The van der Waals surface area contributed by atoms with Crippen LogP contribution in [0.2, 0.25) is 0 Å². The molecule has 122 valence electrons. The van der Waals surface area contributed by atoms with Gasteiger partial charge in [0.2, 0.25) is 0 Å². The van der Waals surface area contributed by atoms with Crippen molar-refractivity contribution in [3.8, 4) is 0 Å². The molecule has 0 radical (unpaired) electrons. The lowest BCUT2D eigenvalue weighted by Gasteiger charge is -2.15. The molecule has 5 nitrogen and oxygen atoms in total. The fraction of sp³-hybridized carbons (Fsp3) is 0.333. The lowest BCUT2D eigenvalue weighted by Crippen LogP contribution is -2.14. The highest BCUT2D eigenvalue weighted by molar-refractivity contribution is 6.07. The molecule has 5 heteroatoms. The Hall–Kier alpha value is -2.56. The molecule has 0 unspecified atom stereocenters. The van der Waals surface area contributed by atoms with E-state index in [4.69, 9.17) is 9.47 Å². The van der Waals surface area contributed by atoms with Gasteiger partial charge in [-0.1, -0.05) is 6.07 Å². The quantitative estimate of drug-likeness (QED) is 0.793. The Morgan fingerprint density at radius 2 is 1.39 bits per heavy atom. The molecule has 0 saturated heterocycles. The molecule has 0 aliphatic rings. The monoisotopic (exact) mass is 315 g/mol. The highest BCUT2D eigenvalue weighted by Crippen LogP contribution is 2.26. The number of rotatable bonds is 5. The second-order valence-electron chi connectivity index (χ2n) is 5.26. The number of esters is 2. The molecule has 0 atom stereocenters. The maximum Gasteiger partial charge on any atom is 0.339 e. The van der Waals surface area contributed by atoms with Crippen molar-refractivity contribution in [3.05, 3.63) is 41.5 Å². The molecule has 0 amide bonds. The average molecular weight is 315 g/mol. The van der Waals surface area contributed by atoms with Crippen molar-refractivity contribution in [2.24, 2.45) is 0 Å². The lowest BCUT2D eigenvalue weighted by molar-refractivity contribution is 0.0479. The fourth-order valence-electron chi connectivity index (χ4n) is 2.32. The van der Waals surface area contributed by atoms with Crippen LogP contribution in [-0.2, 0) is 9.47 Å². The minimum Gasteiger partial charge on any atom is -0.462 e. The van der Waals surface area contributed by atoms with E-state index < -0.39 is 11.9 Å². The van der Waals surface area contributed by atoms with Gasteiger partial charge in [0.1, 0.15) is 0 Å². The Labute approximate surface area is 135 Å². The van der Waals surface area contributed by atoms with Crippen molar-refractivity contribution in [1.29, 1.82) is 0 Å². The molecule has 0 spiro atoms. The Balaban J connectivity index is 2.62. The van der Waals surface area contributed by atoms with E-state index in [9.17, 15) is 9.59 Å². The van der Waals surface area contributed by atoms with Gasteiger partial charge < -0.3 is 14.4 Å². The van der Waals surface area contributed by atoms with E-state index in [2.05, 4.69) is 0 Å². The van der Waals surface area contributed by atoms with Gasteiger partial charge in [-0.25, -0.2) is 9.59 Å². The molecule has 2 aromatic rings. The summed E-state index contributed by atoms with van der Waals surface area (Å²) in [5.74, 6) is -1.04. The molecule has 0 saturated carbocycles. The van der Waals surface area contributed by atoms with E-state index >= 15 is 0 Å². The van der Waals surface area contributed by atoms with Crippen molar-refractivity contribution < 1.29 is 19.1 Å². The zero-order valence-corrected chi connectivity index (χ0v) is 13.9. The second-order valence-corrected chi connectivity index (χ2v) is 5.26. The number of carbonyl (C=O) groups excluding carboxylic acids is 2. The molecule has 0 heterocycles. The summed E-state index contributed by atoms with van der Waals surface area (Å²) < 4.78 is 10.1. The second kappa shape index (κ2) is 7.13. The third kappa shape index (κ3) is 3.62. The van der Waals surface area contributed by atoms with Crippen molar-refractivity contribution in [3.63, 3.8) is 0 Å². The first kappa shape index (κ1) is 16.8. The Bertz CT molecular complexity index is 737. The van der Waals surface area contributed by atoms with E-state index in [1.165, 1.54) is 0 Å². The summed E-state index contributed by atoms with van der Waals surface area (Å²) in [5, 5.41) is 1.74. The maximum atomic E-state index is 12.2. The zero-order chi connectivity index (χ0) is 17.0. The fourth-order valence-corrected chi connectivity index (χ4v) is 2.32. The van der Waals surface area contributed by atoms with Crippen LogP contribution in [0.4, 0.5) is 5.69 Å². The summed E-state index contributed by atoms with van der Waals surface area (Å²) in [6.07, 6.45) is 0. The first-order valence-corrected chi connectivity index (χ1v) is 7.57. The molecule has 0 bridgehead atoms. The van der Waals surface area contributed by atoms with Gasteiger partial charge in [0.25, 0.3) is 0 Å². The van der Waals surface area contributed by atoms with E-state index in [1.807, 2.05) is 37.2 Å². The van der Waals surface area contributed by atoms with E-state index in [0.717, 1.165) is 16.5 Å².